The summed E-state index contributed by atoms with van der Waals surface area (Å²) in [7, 11) is 6.00. The number of anilines is 4. The zero-order chi connectivity index (χ0) is 30.0. The number of hydrogen-bond acceptors (Lipinski definition) is 9. The first-order valence-corrected chi connectivity index (χ1v) is 11.8. The first kappa shape index (κ1) is 27.5. The third-order valence-corrected chi connectivity index (χ3v) is 6.84. The molecule has 9 N–H and O–H groups in total. The van der Waals surface area contributed by atoms with Crippen molar-refractivity contribution in [1.82, 2.24) is 18.3 Å². The smallest absolute Gasteiger partial charge is 0.354 e. The van der Waals surface area contributed by atoms with Crippen molar-refractivity contribution in [2.24, 2.45) is 28.2 Å². The number of nitrogens with zero attached hydrogens (tertiary/aromatic N) is 4. The lowest BCUT2D eigenvalue weighted by atomic mass is 10.0. The Hall–Kier alpha value is -5.53. The van der Waals surface area contributed by atoms with Crippen LogP contribution in [0.5, 0.6) is 0 Å². The number of rotatable bonds is 8. The molecule has 0 spiro atoms. The van der Waals surface area contributed by atoms with Gasteiger partial charge in [0.25, 0.3) is 0 Å². The maximum absolute atomic E-state index is 13.6. The van der Waals surface area contributed by atoms with Gasteiger partial charge in [0.05, 0.1) is 45.0 Å². The number of aromatic nitrogens is 4. The molecule has 4 rings (SSSR count). The number of carbonyl (C=O) groups excluding carboxylic acids is 4. The number of aryl methyl sites for hydroxylation is 4. The van der Waals surface area contributed by atoms with Crippen molar-refractivity contribution in [2.45, 2.75) is 6.92 Å². The Kier molecular flexibility index (Phi) is 6.42. The summed E-state index contributed by atoms with van der Waals surface area (Å²) in [6.45, 7) is 1.33. The van der Waals surface area contributed by atoms with E-state index in [0.717, 1.165) is 0 Å². The largest absolute Gasteiger partial charge is 0.477 e. The number of Topliss-reactive ketones (excluding diaryl/α,β-unsaturated/α-hetero) is 1. The molecule has 4 aromatic rings. The van der Waals surface area contributed by atoms with Gasteiger partial charge in [0.2, 0.25) is 17.3 Å². The van der Waals surface area contributed by atoms with Crippen molar-refractivity contribution < 1.29 is 29.1 Å². The van der Waals surface area contributed by atoms with E-state index in [0.29, 0.717) is 0 Å². The van der Waals surface area contributed by atoms with Crippen LogP contribution < -0.4 is 22.9 Å². The van der Waals surface area contributed by atoms with Crippen LogP contribution in [0.3, 0.4) is 0 Å². The van der Waals surface area contributed by atoms with Gasteiger partial charge >= 0.3 is 5.97 Å². The average Bonchev–Trinajstić information content (AvgIpc) is 3.53. The Morgan fingerprint density at radius 3 is 1.02 bits per heavy atom. The Morgan fingerprint density at radius 1 is 0.525 bits per heavy atom. The zero-order valence-corrected chi connectivity index (χ0v) is 22.4. The number of carboxylic acids is 1. The fourth-order valence-electron chi connectivity index (χ4n) is 4.90. The molecule has 14 heteroatoms. The summed E-state index contributed by atoms with van der Waals surface area (Å²) < 4.78 is 5.31. The molecule has 0 aliphatic heterocycles. The normalized spacial score (nSPS) is 11.1. The molecule has 0 bridgehead atoms. The Bertz CT molecular complexity index is 1800. The topological polar surface area (TPSA) is 229 Å². The van der Waals surface area contributed by atoms with E-state index in [4.69, 9.17) is 22.9 Å². The third kappa shape index (κ3) is 3.93. The first-order chi connectivity index (χ1) is 18.6. The van der Waals surface area contributed by atoms with Gasteiger partial charge in [-0.3, -0.25) is 19.2 Å². The highest BCUT2D eigenvalue weighted by Crippen LogP contribution is 2.32. The van der Waals surface area contributed by atoms with Crippen LogP contribution in [0.4, 0.5) is 22.7 Å². The molecule has 0 fully saturated rings. The van der Waals surface area contributed by atoms with Crippen LogP contribution in [-0.4, -0.2) is 52.5 Å². The molecule has 0 unspecified atom stereocenters. The summed E-state index contributed by atoms with van der Waals surface area (Å²) in [6, 6.07) is 0. The maximum atomic E-state index is 13.6. The monoisotopic (exact) mass is 548 g/mol. The highest BCUT2D eigenvalue weighted by atomic mass is 16.4. The van der Waals surface area contributed by atoms with E-state index in [1.165, 1.54) is 71.1 Å². The number of carbonyl (C=O) groups is 5. The molecule has 0 aliphatic rings. The Balaban J connectivity index is 1.77. The summed E-state index contributed by atoms with van der Waals surface area (Å²) in [5.41, 5.74) is 23.6. The fourth-order valence-corrected chi connectivity index (χ4v) is 4.90. The molecule has 0 aromatic carbocycles. The lowest BCUT2D eigenvalue weighted by Crippen LogP contribution is -2.14. The molecule has 0 aliphatic carbocycles. The van der Waals surface area contributed by atoms with Crippen LogP contribution in [0.15, 0.2) is 24.8 Å². The molecule has 4 aromatic heterocycles. The van der Waals surface area contributed by atoms with Crippen LogP contribution >= 0.6 is 0 Å². The van der Waals surface area contributed by atoms with Crippen LogP contribution in [0.2, 0.25) is 0 Å². The minimum Gasteiger partial charge on any atom is -0.477 e. The van der Waals surface area contributed by atoms with Gasteiger partial charge < -0.3 is 46.3 Å². The molecule has 0 saturated heterocycles. The zero-order valence-electron chi connectivity index (χ0n) is 22.4. The molecule has 0 amide bonds. The average molecular weight is 549 g/mol. The highest BCUT2D eigenvalue weighted by molar-refractivity contribution is 6.23. The predicted molar refractivity (Wildman–Crippen MR) is 147 cm³/mol. The molecular weight excluding hydrogens is 520 g/mol. The first-order valence-electron chi connectivity index (χ1n) is 11.8. The summed E-state index contributed by atoms with van der Waals surface area (Å²) >= 11 is 0. The van der Waals surface area contributed by atoms with Crippen LogP contribution in [-0.2, 0) is 28.2 Å². The summed E-state index contributed by atoms with van der Waals surface area (Å²) in [4.78, 5) is 63.8. The lowest BCUT2D eigenvalue weighted by Gasteiger charge is -2.06. The number of carboxylic acid groups (broad SMARTS) is 1. The Morgan fingerprint density at radius 2 is 0.775 bits per heavy atom. The second kappa shape index (κ2) is 9.34. The van der Waals surface area contributed by atoms with Gasteiger partial charge in [0.15, 0.2) is 11.5 Å². The maximum Gasteiger partial charge on any atom is 0.354 e. The molecule has 0 atom stereocenters. The lowest BCUT2D eigenvalue weighted by molar-refractivity contribution is 0.0687. The molecule has 14 nitrogen and oxygen atoms in total. The van der Waals surface area contributed by atoms with E-state index < -0.39 is 23.3 Å². The fraction of sp³-hybridized carbons (Fsp3) is 0.192. The van der Waals surface area contributed by atoms with Crippen LogP contribution in [0.1, 0.15) is 75.9 Å². The SMILES string of the molecule is CC(=O)c1cn(C)c(C(=O)c2cn(C)c(C(=O)c3cn(C)c(C(=O)c4cn(C)c(C(=O)O)c4N)c3N)c2N)c1N. The molecule has 0 saturated carbocycles. The van der Waals surface area contributed by atoms with E-state index >= 15 is 0 Å². The highest BCUT2D eigenvalue weighted by Gasteiger charge is 2.32. The van der Waals surface area contributed by atoms with Crippen molar-refractivity contribution in [3.63, 3.8) is 0 Å². The van der Waals surface area contributed by atoms with E-state index in [-0.39, 0.29) is 73.6 Å². The molecular formula is C26H28N8O6. The van der Waals surface area contributed by atoms with Crippen LogP contribution in [0.25, 0.3) is 0 Å². The van der Waals surface area contributed by atoms with Crippen molar-refractivity contribution >= 4 is 51.9 Å². The minimum absolute atomic E-state index is 0.00201. The Labute approximate surface area is 227 Å². The van der Waals surface area contributed by atoms with E-state index in [9.17, 15) is 29.1 Å². The summed E-state index contributed by atoms with van der Waals surface area (Å²) in [5, 5.41) is 9.40. The van der Waals surface area contributed by atoms with Gasteiger partial charge in [-0.05, 0) is 6.92 Å². The van der Waals surface area contributed by atoms with Gasteiger partial charge in [-0.1, -0.05) is 0 Å². The van der Waals surface area contributed by atoms with Gasteiger partial charge in [0.1, 0.15) is 17.1 Å². The third-order valence-electron chi connectivity index (χ3n) is 6.84. The number of nitrogen functional groups attached to an aromatic ring is 4. The van der Waals surface area contributed by atoms with Crippen molar-refractivity contribution in [3.8, 4) is 0 Å². The van der Waals surface area contributed by atoms with Crippen molar-refractivity contribution in [2.75, 3.05) is 22.9 Å². The number of hydrogen-bond donors (Lipinski definition) is 5. The molecule has 0 radical (unpaired) electrons. The van der Waals surface area contributed by atoms with Gasteiger partial charge in [0, 0.05) is 53.0 Å². The molecule has 4 heterocycles. The van der Waals surface area contributed by atoms with Crippen molar-refractivity contribution in [1.29, 1.82) is 0 Å². The second-order valence-electron chi connectivity index (χ2n) is 9.51. The summed E-state index contributed by atoms with van der Waals surface area (Å²) in [5.74, 6) is -3.57. The summed E-state index contributed by atoms with van der Waals surface area (Å²) in [6.07, 6.45) is 5.42. The van der Waals surface area contributed by atoms with E-state index in [1.54, 1.807) is 7.05 Å². The minimum atomic E-state index is -1.31. The number of nitrogens with two attached hydrogens (primary N) is 4. The predicted octanol–water partition coefficient (Wildman–Crippen LogP) is 0.963. The van der Waals surface area contributed by atoms with E-state index in [1.807, 2.05) is 0 Å². The van der Waals surface area contributed by atoms with E-state index in [2.05, 4.69) is 0 Å². The standard InChI is InChI=1S/C26H28N8O6/c1-10(35)11-6-31(2)19(15(11)27)23(36)12-7-32(3)20(16(12)28)24(37)13-8-33(4)21(17(13)29)25(38)14-9-34(5)22(18(14)30)26(39)40/h6-9H,27-30H2,1-5H3,(H,39,40). The van der Waals surface area contributed by atoms with Gasteiger partial charge in [-0.2, -0.15) is 0 Å². The van der Waals surface area contributed by atoms with Gasteiger partial charge in [-0.25, -0.2) is 4.79 Å². The number of aromatic carboxylic acids is 1. The number of ketones is 4. The molecule has 40 heavy (non-hydrogen) atoms. The van der Waals surface area contributed by atoms with Crippen molar-refractivity contribution in [3.05, 3.63) is 69.8 Å². The quantitative estimate of drug-likeness (QED) is 0.196. The van der Waals surface area contributed by atoms with Gasteiger partial charge in [-0.15, -0.1) is 0 Å². The molecule has 208 valence electrons. The van der Waals surface area contributed by atoms with Crippen LogP contribution in [0, 0.1) is 0 Å². The second-order valence-corrected chi connectivity index (χ2v) is 9.51.